The van der Waals surface area contributed by atoms with Crippen molar-refractivity contribution in [3.63, 3.8) is 0 Å². The SMILES string of the molecule is CCOC(=O)C1(Cc2cc3cc(Br)ccc3o2)CCC1. The molecule has 106 valence electrons. The first-order valence-electron chi connectivity index (χ1n) is 6.98. The Bertz CT molecular complexity index is 640. The van der Waals surface area contributed by atoms with Gasteiger partial charge in [-0.15, -0.1) is 0 Å². The molecule has 1 aliphatic carbocycles. The summed E-state index contributed by atoms with van der Waals surface area (Å²) in [5.41, 5.74) is 0.503. The van der Waals surface area contributed by atoms with Crippen LogP contribution in [0.25, 0.3) is 11.0 Å². The molecule has 20 heavy (non-hydrogen) atoms. The molecule has 1 aliphatic rings. The van der Waals surface area contributed by atoms with Crippen molar-refractivity contribution in [1.29, 1.82) is 0 Å². The molecular formula is C16H17BrO3. The molecule has 0 aliphatic heterocycles. The zero-order valence-corrected chi connectivity index (χ0v) is 13.0. The lowest BCUT2D eigenvalue weighted by Crippen LogP contribution is -2.41. The Morgan fingerprint density at radius 2 is 2.20 bits per heavy atom. The minimum absolute atomic E-state index is 0.0760. The monoisotopic (exact) mass is 336 g/mol. The standard InChI is InChI=1S/C16H17BrO3/c1-2-19-15(18)16(6-3-7-16)10-13-9-11-8-12(17)4-5-14(11)20-13/h4-5,8-9H,2-3,6-7,10H2,1H3. The number of esters is 1. The van der Waals surface area contributed by atoms with E-state index < -0.39 is 0 Å². The van der Waals surface area contributed by atoms with Crippen molar-refractivity contribution in [2.75, 3.05) is 6.61 Å². The van der Waals surface area contributed by atoms with Gasteiger partial charge in [0.15, 0.2) is 0 Å². The average molecular weight is 337 g/mol. The Morgan fingerprint density at radius 3 is 2.85 bits per heavy atom. The summed E-state index contributed by atoms with van der Waals surface area (Å²) in [5, 5.41) is 1.06. The molecule has 0 amide bonds. The van der Waals surface area contributed by atoms with Gasteiger partial charge in [-0.05, 0) is 44.0 Å². The molecule has 0 radical (unpaired) electrons. The summed E-state index contributed by atoms with van der Waals surface area (Å²) in [4.78, 5) is 12.1. The Morgan fingerprint density at radius 1 is 1.40 bits per heavy atom. The van der Waals surface area contributed by atoms with Gasteiger partial charge in [-0.3, -0.25) is 4.79 Å². The molecule has 0 saturated heterocycles. The van der Waals surface area contributed by atoms with Crippen molar-refractivity contribution >= 4 is 32.9 Å². The molecule has 2 aromatic rings. The largest absolute Gasteiger partial charge is 0.466 e. The van der Waals surface area contributed by atoms with Crippen LogP contribution < -0.4 is 0 Å². The number of carbonyl (C=O) groups excluding carboxylic acids is 1. The predicted octanol–water partition coefficient (Wildman–Crippen LogP) is 4.47. The smallest absolute Gasteiger partial charge is 0.312 e. The summed E-state index contributed by atoms with van der Waals surface area (Å²) in [6.07, 6.45) is 3.52. The molecule has 1 fully saturated rings. The third-order valence-electron chi connectivity index (χ3n) is 4.06. The van der Waals surface area contributed by atoms with Gasteiger partial charge in [-0.1, -0.05) is 22.4 Å². The first kappa shape index (κ1) is 13.7. The van der Waals surface area contributed by atoms with E-state index in [1.165, 1.54) is 0 Å². The van der Waals surface area contributed by atoms with Crippen LogP contribution in [-0.4, -0.2) is 12.6 Å². The predicted molar refractivity (Wildman–Crippen MR) is 80.5 cm³/mol. The van der Waals surface area contributed by atoms with E-state index in [0.29, 0.717) is 13.0 Å². The Hall–Kier alpha value is -1.29. The minimum atomic E-state index is -0.360. The number of hydrogen-bond donors (Lipinski definition) is 0. The fourth-order valence-corrected chi connectivity index (χ4v) is 3.21. The highest BCUT2D eigenvalue weighted by molar-refractivity contribution is 9.10. The van der Waals surface area contributed by atoms with Crippen LogP contribution in [-0.2, 0) is 16.0 Å². The molecule has 1 saturated carbocycles. The molecule has 4 heteroatoms. The molecule has 1 aromatic heterocycles. The lowest BCUT2D eigenvalue weighted by molar-refractivity contribution is -0.161. The van der Waals surface area contributed by atoms with Crippen LogP contribution in [0.3, 0.4) is 0 Å². The number of hydrogen-bond acceptors (Lipinski definition) is 3. The van der Waals surface area contributed by atoms with Crippen LogP contribution in [0.15, 0.2) is 33.2 Å². The van der Waals surface area contributed by atoms with Gasteiger partial charge in [0.05, 0.1) is 12.0 Å². The van der Waals surface area contributed by atoms with Crippen molar-refractivity contribution in [2.24, 2.45) is 5.41 Å². The molecule has 1 aromatic carbocycles. The summed E-state index contributed by atoms with van der Waals surface area (Å²) in [6, 6.07) is 7.96. The summed E-state index contributed by atoms with van der Waals surface area (Å²) in [7, 11) is 0. The van der Waals surface area contributed by atoms with Gasteiger partial charge < -0.3 is 9.15 Å². The Kier molecular flexibility index (Phi) is 3.59. The second kappa shape index (κ2) is 5.24. The molecule has 0 N–H and O–H groups in total. The van der Waals surface area contributed by atoms with Gasteiger partial charge in [0.2, 0.25) is 0 Å². The molecule has 0 bridgehead atoms. The van der Waals surface area contributed by atoms with Gasteiger partial charge in [0.1, 0.15) is 11.3 Å². The lowest BCUT2D eigenvalue weighted by Gasteiger charge is -2.38. The van der Waals surface area contributed by atoms with Gasteiger partial charge in [-0.2, -0.15) is 0 Å². The number of ether oxygens (including phenoxy) is 1. The topological polar surface area (TPSA) is 39.4 Å². The van der Waals surface area contributed by atoms with E-state index in [-0.39, 0.29) is 11.4 Å². The van der Waals surface area contributed by atoms with Crippen molar-refractivity contribution < 1.29 is 13.9 Å². The molecule has 3 nitrogen and oxygen atoms in total. The van der Waals surface area contributed by atoms with Gasteiger partial charge >= 0.3 is 5.97 Å². The number of benzene rings is 1. The average Bonchev–Trinajstić information content (AvgIpc) is 2.75. The number of carbonyl (C=O) groups is 1. The molecule has 0 atom stereocenters. The van der Waals surface area contributed by atoms with Crippen molar-refractivity contribution in [2.45, 2.75) is 32.6 Å². The zero-order valence-electron chi connectivity index (χ0n) is 11.4. The highest BCUT2D eigenvalue weighted by atomic mass is 79.9. The third kappa shape index (κ3) is 2.37. The van der Waals surface area contributed by atoms with Crippen molar-refractivity contribution in [3.05, 3.63) is 34.5 Å². The van der Waals surface area contributed by atoms with E-state index in [0.717, 1.165) is 40.5 Å². The quantitative estimate of drug-likeness (QED) is 0.773. The van der Waals surface area contributed by atoms with Crippen LogP contribution in [0, 0.1) is 5.41 Å². The summed E-state index contributed by atoms with van der Waals surface area (Å²) in [5.74, 6) is 0.790. The molecule has 3 rings (SSSR count). The van der Waals surface area contributed by atoms with Crippen LogP contribution in [0.1, 0.15) is 31.9 Å². The van der Waals surface area contributed by atoms with Crippen LogP contribution in [0.4, 0.5) is 0 Å². The van der Waals surface area contributed by atoms with E-state index >= 15 is 0 Å². The van der Waals surface area contributed by atoms with E-state index in [1.807, 2.05) is 31.2 Å². The minimum Gasteiger partial charge on any atom is -0.466 e. The van der Waals surface area contributed by atoms with Gasteiger partial charge in [0, 0.05) is 16.3 Å². The Labute approximate surface area is 126 Å². The molecule has 1 heterocycles. The van der Waals surface area contributed by atoms with Crippen LogP contribution in [0.5, 0.6) is 0 Å². The van der Waals surface area contributed by atoms with E-state index in [1.54, 1.807) is 0 Å². The highest BCUT2D eigenvalue weighted by Crippen LogP contribution is 2.45. The van der Waals surface area contributed by atoms with E-state index in [4.69, 9.17) is 9.15 Å². The lowest BCUT2D eigenvalue weighted by atomic mass is 9.66. The second-order valence-corrected chi connectivity index (χ2v) is 6.34. The number of furan rings is 1. The first-order chi connectivity index (χ1) is 9.63. The first-order valence-corrected chi connectivity index (χ1v) is 7.77. The summed E-state index contributed by atoms with van der Waals surface area (Å²) < 4.78 is 12.1. The third-order valence-corrected chi connectivity index (χ3v) is 4.55. The fourth-order valence-electron chi connectivity index (χ4n) is 2.83. The summed E-state index contributed by atoms with van der Waals surface area (Å²) in [6.45, 7) is 2.29. The molecule has 0 spiro atoms. The van der Waals surface area contributed by atoms with Crippen LogP contribution >= 0.6 is 15.9 Å². The zero-order chi connectivity index (χ0) is 14.2. The maximum absolute atomic E-state index is 12.1. The fraction of sp³-hybridized carbons (Fsp3) is 0.438. The van der Waals surface area contributed by atoms with Crippen molar-refractivity contribution in [3.8, 4) is 0 Å². The molecular weight excluding hydrogens is 320 g/mol. The normalized spacial score (nSPS) is 16.9. The summed E-state index contributed by atoms with van der Waals surface area (Å²) >= 11 is 3.46. The maximum Gasteiger partial charge on any atom is 0.312 e. The number of rotatable bonds is 4. The van der Waals surface area contributed by atoms with E-state index in [2.05, 4.69) is 15.9 Å². The Balaban J connectivity index is 1.86. The van der Waals surface area contributed by atoms with E-state index in [9.17, 15) is 4.79 Å². The van der Waals surface area contributed by atoms with Gasteiger partial charge in [-0.25, -0.2) is 0 Å². The van der Waals surface area contributed by atoms with Crippen LogP contribution in [0.2, 0.25) is 0 Å². The van der Waals surface area contributed by atoms with Crippen molar-refractivity contribution in [1.82, 2.24) is 0 Å². The number of fused-ring (bicyclic) bond motifs is 1. The second-order valence-electron chi connectivity index (χ2n) is 5.43. The maximum atomic E-state index is 12.1. The molecule has 0 unspecified atom stereocenters. The highest BCUT2D eigenvalue weighted by Gasteiger charge is 2.46. The van der Waals surface area contributed by atoms with Gasteiger partial charge in [0.25, 0.3) is 0 Å². The number of halogens is 1.